The number of amides is 2. The molecule has 1 saturated heterocycles. The highest BCUT2D eigenvalue weighted by molar-refractivity contribution is 6.59. The molecule has 1 aromatic carbocycles. The van der Waals surface area contributed by atoms with Gasteiger partial charge in [0, 0.05) is 18.3 Å². The minimum absolute atomic E-state index is 0.0585. The molecule has 1 aliphatic rings. The number of hydrogen-bond acceptors (Lipinski definition) is 3. The van der Waals surface area contributed by atoms with Crippen LogP contribution in [0.25, 0.3) is 0 Å². The van der Waals surface area contributed by atoms with E-state index in [2.05, 4.69) is 0 Å². The lowest BCUT2D eigenvalue weighted by Gasteiger charge is -2.15. The van der Waals surface area contributed by atoms with Gasteiger partial charge in [0.2, 0.25) is 4.33 Å². The Hall–Kier alpha value is -0.970. The zero-order valence-electron chi connectivity index (χ0n) is 10.4. The number of carbonyl (C=O) groups excluding carboxylic acids is 2. The van der Waals surface area contributed by atoms with Crippen molar-refractivity contribution in [3.63, 3.8) is 0 Å². The highest BCUT2D eigenvalue weighted by atomic mass is 35.5. The average Bonchev–Trinajstić information content (AvgIpc) is 2.68. The predicted octanol–water partition coefficient (Wildman–Crippen LogP) is 3.19. The molecule has 1 atom stereocenters. The molecule has 0 aromatic heterocycles. The topological polar surface area (TPSA) is 46.6 Å². The third-order valence-corrected chi connectivity index (χ3v) is 4.37. The number of nitrogens with zero attached hydrogens (tertiary/aromatic N) is 1. The van der Waals surface area contributed by atoms with Crippen LogP contribution < -0.4 is 0 Å². The second-order valence-corrected chi connectivity index (χ2v) is 6.12. The van der Waals surface area contributed by atoms with Crippen molar-refractivity contribution < 1.29 is 14.3 Å². The van der Waals surface area contributed by atoms with Crippen molar-refractivity contribution in [1.29, 1.82) is 0 Å². The Morgan fingerprint density at radius 2 is 2.00 bits per heavy atom. The zero-order chi connectivity index (χ0) is 14.8. The fourth-order valence-electron chi connectivity index (χ4n) is 1.87. The van der Waals surface area contributed by atoms with Gasteiger partial charge in [0.05, 0.1) is 0 Å². The molecule has 4 nitrogen and oxygen atoms in total. The average molecular weight is 337 g/mol. The SMILES string of the molecule is O=C(OCc1ccccc1)N1CC(CCl)C(Cl)(Cl)C1=O. The van der Waals surface area contributed by atoms with E-state index in [4.69, 9.17) is 39.5 Å². The number of hydrogen-bond donors (Lipinski definition) is 0. The Bertz CT molecular complexity index is 507. The fourth-order valence-corrected chi connectivity index (χ4v) is 2.86. The molecule has 108 valence electrons. The summed E-state index contributed by atoms with van der Waals surface area (Å²) in [6.45, 7) is 0.134. The summed E-state index contributed by atoms with van der Waals surface area (Å²) in [5.41, 5.74) is 0.824. The Morgan fingerprint density at radius 1 is 1.35 bits per heavy atom. The third-order valence-electron chi connectivity index (χ3n) is 3.06. The van der Waals surface area contributed by atoms with Gasteiger partial charge in [0.25, 0.3) is 5.91 Å². The van der Waals surface area contributed by atoms with Crippen LogP contribution in [0.5, 0.6) is 0 Å². The predicted molar refractivity (Wildman–Crippen MR) is 77.0 cm³/mol. The van der Waals surface area contributed by atoms with Crippen LogP contribution in [0.1, 0.15) is 5.56 Å². The summed E-state index contributed by atoms with van der Waals surface area (Å²) < 4.78 is 3.40. The Kier molecular flexibility index (Phi) is 4.78. The number of carbonyl (C=O) groups is 2. The first-order chi connectivity index (χ1) is 9.46. The minimum Gasteiger partial charge on any atom is -0.444 e. The maximum Gasteiger partial charge on any atom is 0.416 e. The van der Waals surface area contributed by atoms with E-state index in [1.165, 1.54) is 0 Å². The van der Waals surface area contributed by atoms with E-state index in [1.54, 1.807) is 0 Å². The zero-order valence-corrected chi connectivity index (χ0v) is 12.7. The van der Waals surface area contributed by atoms with Gasteiger partial charge in [-0.25, -0.2) is 9.69 Å². The summed E-state index contributed by atoms with van der Waals surface area (Å²) >= 11 is 17.5. The van der Waals surface area contributed by atoms with Crippen molar-refractivity contribution >= 4 is 46.8 Å². The van der Waals surface area contributed by atoms with Crippen molar-refractivity contribution in [3.05, 3.63) is 35.9 Å². The molecule has 0 saturated carbocycles. The molecule has 1 aromatic rings. The van der Waals surface area contributed by atoms with Crippen molar-refractivity contribution in [2.75, 3.05) is 12.4 Å². The van der Waals surface area contributed by atoms with Crippen molar-refractivity contribution in [1.82, 2.24) is 4.90 Å². The lowest BCUT2D eigenvalue weighted by Crippen LogP contribution is -2.37. The molecule has 2 rings (SSSR count). The van der Waals surface area contributed by atoms with E-state index < -0.39 is 22.3 Å². The number of alkyl halides is 3. The van der Waals surface area contributed by atoms with Gasteiger partial charge >= 0.3 is 6.09 Å². The summed E-state index contributed by atoms with van der Waals surface area (Å²) in [5, 5.41) is 0. The van der Waals surface area contributed by atoms with E-state index in [0.29, 0.717) is 0 Å². The summed E-state index contributed by atoms with van der Waals surface area (Å²) in [5.74, 6) is -1.12. The summed E-state index contributed by atoms with van der Waals surface area (Å²) in [6, 6.07) is 9.14. The number of ether oxygens (including phenoxy) is 1. The molecule has 20 heavy (non-hydrogen) atoms. The molecule has 0 bridgehead atoms. The quantitative estimate of drug-likeness (QED) is 0.796. The second-order valence-electron chi connectivity index (χ2n) is 4.43. The maximum atomic E-state index is 12.0. The molecule has 1 aliphatic heterocycles. The normalized spacial score (nSPS) is 21.1. The van der Waals surface area contributed by atoms with Crippen molar-refractivity contribution in [2.45, 2.75) is 10.9 Å². The van der Waals surface area contributed by atoms with Crippen molar-refractivity contribution in [2.24, 2.45) is 5.92 Å². The first kappa shape index (κ1) is 15.4. The standard InChI is InChI=1S/C13H12Cl3NO3/c14-6-10-7-17(11(18)13(10,15)16)12(19)20-8-9-4-2-1-3-5-9/h1-5,10H,6-8H2. The van der Waals surface area contributed by atoms with Gasteiger partial charge in [0.1, 0.15) is 6.61 Å². The van der Waals surface area contributed by atoms with Gasteiger partial charge in [0.15, 0.2) is 0 Å². The van der Waals surface area contributed by atoms with Gasteiger partial charge in [-0.3, -0.25) is 4.79 Å². The minimum atomic E-state index is -1.67. The van der Waals surface area contributed by atoms with Crippen molar-refractivity contribution in [3.8, 4) is 0 Å². The van der Waals surface area contributed by atoms with Crippen LogP contribution in [0.15, 0.2) is 30.3 Å². The molecule has 2 amide bonds. The molecular formula is C13H12Cl3NO3. The third kappa shape index (κ3) is 3.03. The van der Waals surface area contributed by atoms with E-state index in [0.717, 1.165) is 10.5 Å². The van der Waals surface area contributed by atoms with Crippen LogP contribution in [-0.4, -0.2) is 33.7 Å². The smallest absolute Gasteiger partial charge is 0.416 e. The number of halogens is 3. The van der Waals surface area contributed by atoms with Crippen LogP contribution in [0, 0.1) is 5.92 Å². The van der Waals surface area contributed by atoms with Gasteiger partial charge in [-0.2, -0.15) is 0 Å². The van der Waals surface area contributed by atoms with Gasteiger partial charge < -0.3 is 4.74 Å². The number of likely N-dealkylation sites (tertiary alicyclic amines) is 1. The highest BCUT2D eigenvalue weighted by Crippen LogP contribution is 2.39. The molecule has 0 aliphatic carbocycles. The summed E-state index contributed by atoms with van der Waals surface area (Å²) in [7, 11) is 0. The van der Waals surface area contributed by atoms with Crippen LogP contribution in [0.3, 0.4) is 0 Å². The number of benzene rings is 1. The molecule has 0 N–H and O–H groups in total. The Balaban J connectivity index is 1.98. The van der Waals surface area contributed by atoms with Crippen LogP contribution in [-0.2, 0) is 16.1 Å². The molecule has 1 fully saturated rings. The van der Waals surface area contributed by atoms with Gasteiger partial charge in [-0.1, -0.05) is 53.5 Å². The number of rotatable bonds is 3. The monoisotopic (exact) mass is 335 g/mol. The molecule has 1 heterocycles. The van der Waals surface area contributed by atoms with Gasteiger partial charge in [-0.05, 0) is 5.56 Å². The van der Waals surface area contributed by atoms with Gasteiger partial charge in [-0.15, -0.1) is 11.6 Å². The van der Waals surface area contributed by atoms with E-state index in [-0.39, 0.29) is 19.0 Å². The number of imide groups is 1. The highest BCUT2D eigenvalue weighted by Gasteiger charge is 2.54. The molecular weight excluding hydrogens is 325 g/mol. The molecule has 0 spiro atoms. The first-order valence-electron chi connectivity index (χ1n) is 5.93. The van der Waals surface area contributed by atoms with Crippen LogP contribution in [0.2, 0.25) is 0 Å². The molecule has 1 unspecified atom stereocenters. The lowest BCUT2D eigenvalue weighted by atomic mass is 10.1. The Labute approximate surface area is 131 Å². The largest absolute Gasteiger partial charge is 0.444 e. The summed E-state index contributed by atoms with van der Waals surface area (Å²) in [4.78, 5) is 24.8. The van der Waals surface area contributed by atoms with E-state index in [9.17, 15) is 9.59 Å². The van der Waals surface area contributed by atoms with E-state index in [1.807, 2.05) is 30.3 Å². The van der Waals surface area contributed by atoms with E-state index >= 15 is 0 Å². The second kappa shape index (κ2) is 6.20. The Morgan fingerprint density at radius 3 is 2.55 bits per heavy atom. The lowest BCUT2D eigenvalue weighted by molar-refractivity contribution is -0.127. The summed E-state index contributed by atoms with van der Waals surface area (Å²) in [6.07, 6.45) is -0.767. The van der Waals surface area contributed by atoms with Crippen LogP contribution in [0.4, 0.5) is 4.79 Å². The molecule has 7 heteroatoms. The fraction of sp³-hybridized carbons (Fsp3) is 0.385. The first-order valence-corrected chi connectivity index (χ1v) is 7.22. The van der Waals surface area contributed by atoms with Crippen LogP contribution >= 0.6 is 34.8 Å². The molecule has 0 radical (unpaired) electrons. The maximum absolute atomic E-state index is 12.0.